The van der Waals surface area contributed by atoms with Crippen LogP contribution in [0.15, 0.2) is 24.3 Å². The van der Waals surface area contributed by atoms with Gasteiger partial charge in [-0.2, -0.15) is 0 Å². The van der Waals surface area contributed by atoms with Crippen LogP contribution in [0.3, 0.4) is 0 Å². The van der Waals surface area contributed by atoms with Crippen LogP contribution >= 0.6 is 0 Å². The molecule has 44 heavy (non-hydrogen) atoms. The summed E-state index contributed by atoms with van der Waals surface area (Å²) >= 11 is 0. The summed E-state index contributed by atoms with van der Waals surface area (Å²) in [5.41, 5.74) is 1.46. The fourth-order valence-electron chi connectivity index (χ4n) is 6.38. The Balaban J connectivity index is 1.72. The summed E-state index contributed by atoms with van der Waals surface area (Å²) in [6.45, 7) is 9.36. The molecule has 0 radical (unpaired) electrons. The zero-order chi connectivity index (χ0) is 32.0. The van der Waals surface area contributed by atoms with Gasteiger partial charge >= 0.3 is 0 Å². The lowest BCUT2D eigenvalue weighted by Crippen LogP contribution is -2.17. The molecule has 0 saturated heterocycles. The van der Waals surface area contributed by atoms with Crippen molar-refractivity contribution < 1.29 is 9.84 Å². The molecule has 0 aliphatic carbocycles. The lowest BCUT2D eigenvalue weighted by Gasteiger charge is -2.19. The van der Waals surface area contributed by atoms with Crippen molar-refractivity contribution in [1.82, 2.24) is 0 Å². The minimum atomic E-state index is -0.360. The van der Waals surface area contributed by atoms with Crippen LogP contribution in [0.1, 0.15) is 219 Å². The number of hydrogen-bond donors (Lipinski definition) is 1. The van der Waals surface area contributed by atoms with Gasteiger partial charge in [-0.25, -0.2) is 0 Å². The molecule has 1 aromatic rings. The van der Waals surface area contributed by atoms with Crippen molar-refractivity contribution in [2.45, 2.75) is 225 Å². The summed E-state index contributed by atoms with van der Waals surface area (Å²) in [6, 6.07) is 8.31. The van der Waals surface area contributed by atoms with Gasteiger partial charge in [-0.15, -0.1) is 0 Å². The quantitative estimate of drug-likeness (QED) is 0.0818. The van der Waals surface area contributed by atoms with Crippen LogP contribution in [0.2, 0.25) is 0 Å². The van der Waals surface area contributed by atoms with Gasteiger partial charge in [0.15, 0.2) is 0 Å². The van der Waals surface area contributed by atoms with E-state index in [1.807, 2.05) is 12.1 Å². The van der Waals surface area contributed by atoms with Crippen molar-refractivity contribution in [3.63, 3.8) is 0 Å². The summed E-state index contributed by atoms with van der Waals surface area (Å²) in [5.74, 6) is 0.854. The molecular weight excluding hydrogens is 536 g/mol. The molecule has 0 amide bonds. The zero-order valence-corrected chi connectivity index (χ0v) is 30.5. The van der Waals surface area contributed by atoms with Gasteiger partial charge in [0.1, 0.15) is 12.4 Å². The first-order valence-corrected chi connectivity index (χ1v) is 19.8. The molecule has 0 aromatic heterocycles. The second kappa shape index (κ2) is 29.4. The molecular formula is C42H78O2. The van der Waals surface area contributed by atoms with Gasteiger partial charge in [0.05, 0.1) is 6.10 Å². The SMILES string of the molecule is CCCCCCCCCCCCCCCCCCCCCCCCCCCCCCC(O)COc1ccc(C(C)(C)C)cc1. The van der Waals surface area contributed by atoms with E-state index < -0.39 is 0 Å². The highest BCUT2D eigenvalue weighted by molar-refractivity contribution is 5.31. The van der Waals surface area contributed by atoms with E-state index >= 15 is 0 Å². The Labute approximate surface area is 276 Å². The van der Waals surface area contributed by atoms with Gasteiger partial charge in [0.25, 0.3) is 0 Å². The van der Waals surface area contributed by atoms with Crippen molar-refractivity contribution in [1.29, 1.82) is 0 Å². The Morgan fingerprint density at radius 2 is 0.773 bits per heavy atom. The van der Waals surface area contributed by atoms with Crippen molar-refractivity contribution in [2.75, 3.05) is 6.61 Å². The number of ether oxygens (including phenoxy) is 1. The molecule has 0 spiro atoms. The fourth-order valence-corrected chi connectivity index (χ4v) is 6.38. The van der Waals surface area contributed by atoms with Crippen LogP contribution in [0.25, 0.3) is 0 Å². The maximum Gasteiger partial charge on any atom is 0.119 e. The highest BCUT2D eigenvalue weighted by atomic mass is 16.5. The number of unbranched alkanes of at least 4 members (excludes halogenated alkanes) is 27. The molecule has 0 saturated carbocycles. The first kappa shape index (κ1) is 41.0. The number of rotatable bonds is 32. The molecule has 1 rings (SSSR count). The third-order valence-electron chi connectivity index (χ3n) is 9.55. The summed E-state index contributed by atoms with van der Waals surface area (Å²) in [4.78, 5) is 0. The number of aliphatic hydroxyl groups excluding tert-OH is 1. The van der Waals surface area contributed by atoms with E-state index in [4.69, 9.17) is 4.74 Å². The first-order valence-electron chi connectivity index (χ1n) is 19.8. The molecule has 1 unspecified atom stereocenters. The van der Waals surface area contributed by atoms with E-state index in [-0.39, 0.29) is 11.5 Å². The van der Waals surface area contributed by atoms with Crippen molar-refractivity contribution >= 4 is 0 Å². The van der Waals surface area contributed by atoms with Crippen LogP contribution in [0.4, 0.5) is 0 Å². The van der Waals surface area contributed by atoms with Crippen LogP contribution in [-0.4, -0.2) is 17.8 Å². The molecule has 0 heterocycles. The molecule has 2 nitrogen and oxygen atoms in total. The van der Waals surface area contributed by atoms with E-state index in [2.05, 4.69) is 39.8 Å². The third kappa shape index (κ3) is 26.2. The lowest BCUT2D eigenvalue weighted by molar-refractivity contribution is 0.0974. The monoisotopic (exact) mass is 615 g/mol. The van der Waals surface area contributed by atoms with Crippen LogP contribution in [-0.2, 0) is 5.41 Å². The molecule has 1 aromatic carbocycles. The summed E-state index contributed by atoms with van der Waals surface area (Å²) in [6.07, 6.45) is 40.4. The molecule has 2 heteroatoms. The molecule has 0 aliphatic heterocycles. The van der Waals surface area contributed by atoms with Gasteiger partial charge in [0, 0.05) is 0 Å². The second-order valence-corrected chi connectivity index (χ2v) is 15.1. The molecule has 1 atom stereocenters. The highest BCUT2D eigenvalue weighted by Crippen LogP contribution is 2.24. The number of aliphatic hydroxyl groups is 1. The normalized spacial score (nSPS) is 12.6. The number of benzene rings is 1. The fraction of sp³-hybridized carbons (Fsp3) is 0.857. The molecule has 0 fully saturated rings. The van der Waals surface area contributed by atoms with E-state index in [0.717, 1.165) is 18.6 Å². The smallest absolute Gasteiger partial charge is 0.119 e. The summed E-state index contributed by atoms with van der Waals surface area (Å²) in [5, 5.41) is 10.3. The topological polar surface area (TPSA) is 29.5 Å². The van der Waals surface area contributed by atoms with E-state index in [1.54, 1.807) is 0 Å². The molecule has 0 bridgehead atoms. The van der Waals surface area contributed by atoms with Crippen molar-refractivity contribution in [2.24, 2.45) is 0 Å². The van der Waals surface area contributed by atoms with Crippen LogP contribution < -0.4 is 4.74 Å². The standard InChI is InChI=1S/C42H78O2/c1-5-6-7-8-9-10-11-12-13-14-15-16-17-18-19-20-21-22-23-24-25-26-27-28-29-30-31-32-33-40(43)38-44-41-36-34-39(35-37-41)42(2,3)4/h34-37,40,43H,5-33,38H2,1-4H3. The highest BCUT2D eigenvalue weighted by Gasteiger charge is 2.13. The Morgan fingerprint density at radius 3 is 1.07 bits per heavy atom. The summed E-state index contributed by atoms with van der Waals surface area (Å²) < 4.78 is 5.80. The van der Waals surface area contributed by atoms with Gasteiger partial charge in [-0.3, -0.25) is 0 Å². The minimum Gasteiger partial charge on any atom is -0.491 e. The van der Waals surface area contributed by atoms with Gasteiger partial charge in [-0.1, -0.05) is 220 Å². The van der Waals surface area contributed by atoms with Gasteiger partial charge in [-0.05, 0) is 29.5 Å². The molecule has 258 valence electrons. The van der Waals surface area contributed by atoms with E-state index in [0.29, 0.717) is 6.61 Å². The predicted octanol–water partition coefficient (Wildman–Crippen LogP) is 14.1. The second-order valence-electron chi connectivity index (χ2n) is 15.1. The third-order valence-corrected chi connectivity index (χ3v) is 9.55. The average molecular weight is 615 g/mol. The Morgan fingerprint density at radius 1 is 0.477 bits per heavy atom. The summed E-state index contributed by atoms with van der Waals surface area (Å²) in [7, 11) is 0. The first-order chi connectivity index (χ1) is 21.4. The van der Waals surface area contributed by atoms with E-state index in [1.165, 1.54) is 179 Å². The van der Waals surface area contributed by atoms with Crippen LogP contribution in [0.5, 0.6) is 5.75 Å². The zero-order valence-electron chi connectivity index (χ0n) is 30.5. The van der Waals surface area contributed by atoms with Crippen molar-refractivity contribution in [3.05, 3.63) is 29.8 Å². The van der Waals surface area contributed by atoms with Crippen LogP contribution in [0, 0.1) is 0 Å². The average Bonchev–Trinajstić information content (AvgIpc) is 3.01. The molecule has 0 aliphatic rings. The van der Waals surface area contributed by atoms with E-state index in [9.17, 15) is 5.11 Å². The number of hydrogen-bond acceptors (Lipinski definition) is 2. The Bertz CT molecular complexity index is 703. The lowest BCUT2D eigenvalue weighted by atomic mass is 9.87. The van der Waals surface area contributed by atoms with Gasteiger partial charge in [0.2, 0.25) is 0 Å². The Hall–Kier alpha value is -1.02. The maximum absolute atomic E-state index is 10.3. The minimum absolute atomic E-state index is 0.155. The molecule has 1 N–H and O–H groups in total. The largest absolute Gasteiger partial charge is 0.491 e. The van der Waals surface area contributed by atoms with Crippen molar-refractivity contribution in [3.8, 4) is 5.75 Å². The van der Waals surface area contributed by atoms with Gasteiger partial charge < -0.3 is 9.84 Å². The predicted molar refractivity (Wildman–Crippen MR) is 196 cm³/mol. The maximum atomic E-state index is 10.3. The Kier molecular flexibility index (Phi) is 27.4.